The number of pyridine rings is 1. The summed E-state index contributed by atoms with van der Waals surface area (Å²) in [6.45, 7) is 4.08. The van der Waals surface area contributed by atoms with E-state index in [1.807, 2.05) is 37.9 Å². The van der Waals surface area contributed by atoms with E-state index in [1.165, 1.54) is 0 Å². The van der Waals surface area contributed by atoms with Crippen LogP contribution in [-0.2, 0) is 0 Å². The van der Waals surface area contributed by atoms with Gasteiger partial charge < -0.3 is 15.8 Å². The molecule has 19 heavy (non-hydrogen) atoms. The predicted molar refractivity (Wildman–Crippen MR) is 82.3 cm³/mol. The van der Waals surface area contributed by atoms with Gasteiger partial charge in [-0.1, -0.05) is 5.16 Å². The fourth-order valence-corrected chi connectivity index (χ4v) is 2.33. The third-order valence-electron chi connectivity index (χ3n) is 3.13. The minimum absolute atomic E-state index is 0.0893. The zero-order valence-corrected chi connectivity index (χ0v) is 12.7. The van der Waals surface area contributed by atoms with Crippen LogP contribution in [0, 0.1) is 6.92 Å². The van der Waals surface area contributed by atoms with Gasteiger partial charge in [0.05, 0.1) is 5.56 Å². The second kappa shape index (κ2) is 7.23. The first-order valence-corrected chi connectivity index (χ1v) is 7.58. The molecule has 0 saturated carbocycles. The van der Waals surface area contributed by atoms with Crippen molar-refractivity contribution in [2.24, 2.45) is 10.9 Å². The van der Waals surface area contributed by atoms with Gasteiger partial charge in [0, 0.05) is 18.8 Å². The molecule has 0 radical (unpaired) electrons. The molecule has 0 aliphatic carbocycles. The number of anilines is 1. The van der Waals surface area contributed by atoms with Crippen LogP contribution in [-0.4, -0.2) is 41.1 Å². The second-order valence-corrected chi connectivity index (χ2v) is 5.54. The molecule has 0 aliphatic heterocycles. The lowest BCUT2D eigenvalue weighted by molar-refractivity contribution is 0.318. The molecular weight excluding hydrogens is 260 g/mol. The van der Waals surface area contributed by atoms with E-state index in [1.54, 1.807) is 0 Å². The largest absolute Gasteiger partial charge is 0.409 e. The van der Waals surface area contributed by atoms with Crippen molar-refractivity contribution in [2.75, 3.05) is 24.0 Å². The predicted octanol–water partition coefficient (Wildman–Crippen LogP) is 2.06. The van der Waals surface area contributed by atoms with Crippen LogP contribution >= 0.6 is 11.8 Å². The Balaban J connectivity index is 3.06. The number of rotatable bonds is 6. The van der Waals surface area contributed by atoms with Crippen LogP contribution in [0.25, 0.3) is 0 Å². The van der Waals surface area contributed by atoms with Gasteiger partial charge in [0.15, 0.2) is 5.84 Å². The van der Waals surface area contributed by atoms with E-state index >= 15 is 0 Å². The highest BCUT2D eigenvalue weighted by Crippen LogP contribution is 2.21. The summed E-state index contributed by atoms with van der Waals surface area (Å²) in [6.07, 6.45) is 3.16. The average Bonchev–Trinajstić information content (AvgIpc) is 2.42. The molecule has 1 atom stereocenters. The van der Waals surface area contributed by atoms with Crippen LogP contribution in [0.5, 0.6) is 0 Å². The SMILES string of the molecule is CSCCC(C)N(C)c1nc(C)ccc1/C(N)=N/O. The van der Waals surface area contributed by atoms with Crippen LogP contribution in [0.2, 0.25) is 0 Å². The molecule has 1 unspecified atom stereocenters. The second-order valence-electron chi connectivity index (χ2n) is 4.55. The van der Waals surface area contributed by atoms with E-state index in [-0.39, 0.29) is 5.84 Å². The number of oxime groups is 1. The molecule has 0 aromatic carbocycles. The minimum Gasteiger partial charge on any atom is -0.409 e. The van der Waals surface area contributed by atoms with E-state index in [4.69, 9.17) is 10.9 Å². The van der Waals surface area contributed by atoms with Gasteiger partial charge in [0.1, 0.15) is 5.82 Å². The lowest BCUT2D eigenvalue weighted by atomic mass is 10.1. The first-order chi connectivity index (χ1) is 9.01. The summed E-state index contributed by atoms with van der Waals surface area (Å²) in [5.41, 5.74) is 7.28. The zero-order valence-electron chi connectivity index (χ0n) is 11.9. The highest BCUT2D eigenvalue weighted by atomic mass is 32.2. The van der Waals surface area contributed by atoms with Crippen molar-refractivity contribution in [1.82, 2.24) is 4.98 Å². The van der Waals surface area contributed by atoms with Gasteiger partial charge in [-0.2, -0.15) is 11.8 Å². The van der Waals surface area contributed by atoms with Crippen molar-refractivity contribution in [3.05, 3.63) is 23.4 Å². The number of hydrogen-bond acceptors (Lipinski definition) is 5. The Morgan fingerprint density at radius 1 is 1.58 bits per heavy atom. The third-order valence-corrected chi connectivity index (χ3v) is 3.78. The van der Waals surface area contributed by atoms with Gasteiger partial charge in [-0.3, -0.25) is 0 Å². The molecule has 0 fully saturated rings. The van der Waals surface area contributed by atoms with Crippen LogP contribution in [0.15, 0.2) is 17.3 Å². The molecule has 0 spiro atoms. The number of nitrogens with two attached hydrogens (primary N) is 1. The zero-order chi connectivity index (χ0) is 14.4. The van der Waals surface area contributed by atoms with E-state index in [0.717, 1.165) is 23.7 Å². The summed E-state index contributed by atoms with van der Waals surface area (Å²) in [6, 6.07) is 4.04. The Kier molecular flexibility index (Phi) is 5.95. The molecule has 0 aliphatic rings. The van der Waals surface area contributed by atoms with E-state index < -0.39 is 0 Å². The lowest BCUT2D eigenvalue weighted by Gasteiger charge is -2.27. The maximum absolute atomic E-state index is 8.86. The quantitative estimate of drug-likeness (QED) is 0.361. The van der Waals surface area contributed by atoms with Crippen LogP contribution < -0.4 is 10.6 Å². The molecule has 1 aromatic rings. The normalized spacial score (nSPS) is 13.4. The lowest BCUT2D eigenvalue weighted by Crippen LogP contribution is -2.32. The molecule has 0 bridgehead atoms. The summed E-state index contributed by atoms with van der Waals surface area (Å²) >= 11 is 1.83. The Labute approximate surface area is 118 Å². The first-order valence-electron chi connectivity index (χ1n) is 6.18. The molecule has 1 rings (SSSR count). The van der Waals surface area contributed by atoms with Crippen LogP contribution in [0.4, 0.5) is 5.82 Å². The standard InChI is InChI=1S/C13H22N4OS/c1-9-5-6-11(12(14)16-18)13(15-9)17(3)10(2)7-8-19-4/h5-6,10,18H,7-8H2,1-4H3,(H2,14,16). The molecular formula is C13H22N4OS. The molecule has 0 saturated heterocycles. The van der Waals surface area contributed by atoms with Crippen molar-refractivity contribution in [3.8, 4) is 0 Å². The third kappa shape index (κ3) is 4.02. The highest BCUT2D eigenvalue weighted by Gasteiger charge is 2.17. The van der Waals surface area contributed by atoms with Gasteiger partial charge in [-0.15, -0.1) is 0 Å². The smallest absolute Gasteiger partial charge is 0.173 e. The number of aryl methyl sites for hydroxylation is 1. The summed E-state index contributed by atoms with van der Waals surface area (Å²) in [5, 5.41) is 11.9. The van der Waals surface area contributed by atoms with E-state index in [0.29, 0.717) is 11.6 Å². The Morgan fingerprint density at radius 2 is 2.26 bits per heavy atom. The molecule has 6 heteroatoms. The number of thioether (sulfide) groups is 1. The van der Waals surface area contributed by atoms with Crippen LogP contribution in [0.1, 0.15) is 24.6 Å². The van der Waals surface area contributed by atoms with Crippen molar-refractivity contribution in [3.63, 3.8) is 0 Å². The number of nitrogens with zero attached hydrogens (tertiary/aromatic N) is 3. The molecule has 0 amide bonds. The first kappa shape index (κ1) is 15.6. The van der Waals surface area contributed by atoms with Crippen LogP contribution in [0.3, 0.4) is 0 Å². The van der Waals surface area contributed by atoms with E-state index in [9.17, 15) is 0 Å². The monoisotopic (exact) mass is 282 g/mol. The van der Waals surface area contributed by atoms with Crippen molar-refractivity contribution in [1.29, 1.82) is 0 Å². The Hall–Kier alpha value is -1.43. The van der Waals surface area contributed by atoms with Gasteiger partial charge in [0.25, 0.3) is 0 Å². The van der Waals surface area contributed by atoms with Crippen molar-refractivity contribution in [2.45, 2.75) is 26.3 Å². The molecule has 1 heterocycles. The number of aromatic nitrogens is 1. The highest BCUT2D eigenvalue weighted by molar-refractivity contribution is 7.98. The van der Waals surface area contributed by atoms with Crippen molar-refractivity contribution >= 4 is 23.4 Å². The summed E-state index contributed by atoms with van der Waals surface area (Å²) < 4.78 is 0. The maximum atomic E-state index is 8.86. The fourth-order valence-electron chi connectivity index (χ4n) is 1.76. The van der Waals surface area contributed by atoms with Crippen molar-refractivity contribution < 1.29 is 5.21 Å². The Morgan fingerprint density at radius 3 is 2.84 bits per heavy atom. The summed E-state index contributed by atoms with van der Waals surface area (Å²) in [7, 11) is 1.99. The molecule has 3 N–H and O–H groups in total. The average molecular weight is 282 g/mol. The van der Waals surface area contributed by atoms with Gasteiger partial charge in [0.2, 0.25) is 0 Å². The summed E-state index contributed by atoms with van der Waals surface area (Å²) in [4.78, 5) is 6.60. The Bertz CT molecular complexity index is 450. The number of amidine groups is 1. The topological polar surface area (TPSA) is 74.7 Å². The van der Waals surface area contributed by atoms with Gasteiger partial charge in [-0.25, -0.2) is 4.98 Å². The number of hydrogen-bond donors (Lipinski definition) is 2. The molecule has 5 nitrogen and oxygen atoms in total. The minimum atomic E-state index is 0.0893. The van der Waals surface area contributed by atoms with Gasteiger partial charge >= 0.3 is 0 Å². The maximum Gasteiger partial charge on any atom is 0.173 e. The molecule has 106 valence electrons. The summed E-state index contributed by atoms with van der Waals surface area (Å²) in [5.74, 6) is 1.94. The fraction of sp³-hybridized carbons (Fsp3) is 0.538. The van der Waals surface area contributed by atoms with Gasteiger partial charge in [-0.05, 0) is 44.4 Å². The van der Waals surface area contributed by atoms with E-state index in [2.05, 4.69) is 28.2 Å². The molecule has 1 aromatic heterocycles.